The lowest BCUT2D eigenvalue weighted by Crippen LogP contribution is -2.52. The maximum Gasteiger partial charge on any atom is 0.255 e. The van der Waals surface area contributed by atoms with Gasteiger partial charge in [-0.05, 0) is 34.4 Å². The van der Waals surface area contributed by atoms with E-state index >= 15 is 0 Å². The number of benzene rings is 2. The van der Waals surface area contributed by atoms with Crippen LogP contribution in [0.3, 0.4) is 0 Å². The van der Waals surface area contributed by atoms with E-state index in [4.69, 9.17) is 4.63 Å². The average Bonchev–Trinajstić information content (AvgIpc) is 3.34. The minimum atomic E-state index is -0.635. The molecule has 8 nitrogen and oxygen atoms in total. The molecule has 1 N–H and O–H groups in total. The summed E-state index contributed by atoms with van der Waals surface area (Å²) < 4.78 is 4.97. The number of nitrogens with one attached hydrogen (secondary N) is 1. The highest BCUT2D eigenvalue weighted by Crippen LogP contribution is 2.33. The van der Waals surface area contributed by atoms with Crippen molar-refractivity contribution < 1.29 is 19.0 Å². The second-order valence-corrected chi connectivity index (χ2v) is 7.10. The van der Waals surface area contributed by atoms with Gasteiger partial charge in [-0.15, -0.1) is 0 Å². The van der Waals surface area contributed by atoms with Crippen LogP contribution in [0.25, 0.3) is 22.5 Å². The van der Waals surface area contributed by atoms with E-state index < -0.39 is 11.9 Å². The van der Waals surface area contributed by atoms with Gasteiger partial charge in [0.1, 0.15) is 17.4 Å². The number of carbonyl (C=O) groups excluding carboxylic acids is 3. The molecule has 0 bridgehead atoms. The number of rotatable bonds is 3. The fourth-order valence-electron chi connectivity index (χ4n) is 3.89. The first-order chi connectivity index (χ1) is 14.1. The van der Waals surface area contributed by atoms with Crippen molar-refractivity contribution in [3.8, 4) is 22.5 Å². The van der Waals surface area contributed by atoms with Crippen molar-refractivity contribution in [2.24, 2.45) is 0 Å². The van der Waals surface area contributed by atoms with E-state index in [9.17, 15) is 14.4 Å². The van der Waals surface area contributed by atoms with E-state index in [1.54, 1.807) is 12.1 Å². The van der Waals surface area contributed by atoms with Crippen molar-refractivity contribution in [3.05, 3.63) is 59.7 Å². The van der Waals surface area contributed by atoms with Gasteiger partial charge in [-0.2, -0.15) is 0 Å². The van der Waals surface area contributed by atoms with Gasteiger partial charge in [0.25, 0.3) is 5.91 Å². The predicted octanol–water partition coefficient (Wildman–Crippen LogP) is 2.16. The number of hydrogen-bond acceptors (Lipinski definition) is 6. The fraction of sp³-hybridized carbons (Fsp3) is 0.190. The summed E-state index contributed by atoms with van der Waals surface area (Å²) in [4.78, 5) is 37.9. The number of hydrogen-bond donors (Lipinski definition) is 1. The van der Waals surface area contributed by atoms with Crippen LogP contribution in [-0.4, -0.2) is 39.0 Å². The van der Waals surface area contributed by atoms with Crippen molar-refractivity contribution >= 4 is 17.7 Å². The molecule has 144 valence electrons. The molecule has 1 atom stereocenters. The lowest BCUT2D eigenvalue weighted by Gasteiger charge is -2.29. The third-order valence-corrected chi connectivity index (χ3v) is 5.33. The highest BCUT2D eigenvalue weighted by molar-refractivity contribution is 6.05. The normalized spacial score (nSPS) is 18.7. The third kappa shape index (κ3) is 2.89. The molecule has 3 aromatic rings. The molecule has 2 aliphatic heterocycles. The Balaban J connectivity index is 1.47. The Morgan fingerprint density at radius 2 is 1.72 bits per heavy atom. The van der Waals surface area contributed by atoms with E-state index in [0.29, 0.717) is 29.9 Å². The number of nitrogens with zero attached hydrogens (tertiary/aromatic N) is 3. The molecule has 1 saturated heterocycles. The van der Waals surface area contributed by atoms with Gasteiger partial charge in [0, 0.05) is 29.7 Å². The van der Waals surface area contributed by atoms with Gasteiger partial charge in [0.15, 0.2) is 0 Å². The molecule has 5 rings (SSSR count). The van der Waals surface area contributed by atoms with E-state index in [1.807, 2.05) is 36.4 Å². The van der Waals surface area contributed by atoms with Gasteiger partial charge in [-0.3, -0.25) is 19.7 Å². The molecule has 1 aromatic heterocycles. The number of aromatic nitrogens is 2. The first-order valence-corrected chi connectivity index (χ1v) is 9.28. The zero-order valence-electron chi connectivity index (χ0n) is 15.3. The Morgan fingerprint density at radius 3 is 2.48 bits per heavy atom. The second kappa shape index (κ2) is 6.66. The lowest BCUT2D eigenvalue weighted by molar-refractivity contribution is -0.136. The maximum atomic E-state index is 12.8. The highest BCUT2D eigenvalue weighted by Gasteiger charge is 2.39. The molecular weight excluding hydrogens is 372 g/mol. The standard InChI is InChI=1S/C21H16N4O4/c26-17-9-8-16(20(27)22-17)25-11-14-10-13(6-7-15(14)21(25)28)19-18(23-29-24-19)12-4-2-1-3-5-12/h1-7,10,16H,8-9,11H2,(H,22,26,27). The number of fused-ring (bicyclic) bond motifs is 1. The van der Waals surface area contributed by atoms with Crippen LogP contribution in [0.4, 0.5) is 0 Å². The van der Waals surface area contributed by atoms with Gasteiger partial charge < -0.3 is 4.90 Å². The van der Waals surface area contributed by atoms with Crippen LogP contribution in [-0.2, 0) is 16.1 Å². The average molecular weight is 388 g/mol. The summed E-state index contributed by atoms with van der Waals surface area (Å²) in [6.45, 7) is 0.306. The van der Waals surface area contributed by atoms with Crippen molar-refractivity contribution in [1.82, 2.24) is 20.5 Å². The molecule has 0 aliphatic carbocycles. The smallest absolute Gasteiger partial charge is 0.255 e. The van der Waals surface area contributed by atoms with Crippen molar-refractivity contribution in [3.63, 3.8) is 0 Å². The Hall–Kier alpha value is -3.81. The summed E-state index contributed by atoms with van der Waals surface area (Å²) in [7, 11) is 0. The van der Waals surface area contributed by atoms with E-state index in [-0.39, 0.29) is 18.2 Å². The summed E-state index contributed by atoms with van der Waals surface area (Å²) in [5, 5.41) is 10.4. The monoisotopic (exact) mass is 388 g/mol. The van der Waals surface area contributed by atoms with Gasteiger partial charge in [0.2, 0.25) is 11.8 Å². The molecule has 0 spiro atoms. The topological polar surface area (TPSA) is 105 Å². The Morgan fingerprint density at radius 1 is 0.966 bits per heavy atom. The molecule has 3 amide bonds. The summed E-state index contributed by atoms with van der Waals surface area (Å²) in [6.07, 6.45) is 0.565. The van der Waals surface area contributed by atoms with Crippen LogP contribution < -0.4 is 5.32 Å². The zero-order valence-corrected chi connectivity index (χ0v) is 15.3. The SMILES string of the molecule is O=C1CCC(N2Cc3cc(-c4nonc4-c4ccccc4)ccc3C2=O)C(=O)N1. The molecule has 8 heteroatoms. The molecule has 0 saturated carbocycles. The zero-order chi connectivity index (χ0) is 20.0. The predicted molar refractivity (Wildman–Crippen MR) is 101 cm³/mol. The maximum absolute atomic E-state index is 12.8. The van der Waals surface area contributed by atoms with Crippen LogP contribution in [0, 0.1) is 0 Å². The minimum absolute atomic E-state index is 0.206. The second-order valence-electron chi connectivity index (χ2n) is 7.10. The first kappa shape index (κ1) is 17.3. The van der Waals surface area contributed by atoms with Crippen LogP contribution in [0.15, 0.2) is 53.2 Å². The van der Waals surface area contributed by atoms with Crippen molar-refractivity contribution in [2.45, 2.75) is 25.4 Å². The van der Waals surface area contributed by atoms with Crippen LogP contribution in [0.1, 0.15) is 28.8 Å². The van der Waals surface area contributed by atoms with Crippen LogP contribution in [0.5, 0.6) is 0 Å². The minimum Gasteiger partial charge on any atom is -0.322 e. The van der Waals surface area contributed by atoms with E-state index in [0.717, 1.165) is 16.7 Å². The summed E-state index contributed by atoms with van der Waals surface area (Å²) in [5.74, 6) is -0.929. The lowest BCUT2D eigenvalue weighted by atomic mass is 10.0. The highest BCUT2D eigenvalue weighted by atomic mass is 16.6. The summed E-state index contributed by atoms with van der Waals surface area (Å²) in [5.41, 5.74) is 4.23. The van der Waals surface area contributed by atoms with E-state index in [1.165, 1.54) is 4.90 Å². The fourth-order valence-corrected chi connectivity index (χ4v) is 3.89. The first-order valence-electron chi connectivity index (χ1n) is 9.28. The number of piperidine rings is 1. The molecule has 2 aliphatic rings. The van der Waals surface area contributed by atoms with Crippen molar-refractivity contribution in [1.29, 1.82) is 0 Å². The number of imide groups is 1. The molecule has 3 heterocycles. The molecule has 1 unspecified atom stereocenters. The molecule has 1 fully saturated rings. The third-order valence-electron chi connectivity index (χ3n) is 5.33. The van der Waals surface area contributed by atoms with Crippen LogP contribution >= 0.6 is 0 Å². The van der Waals surface area contributed by atoms with Crippen LogP contribution in [0.2, 0.25) is 0 Å². The van der Waals surface area contributed by atoms with E-state index in [2.05, 4.69) is 15.6 Å². The molecule has 2 aromatic carbocycles. The largest absolute Gasteiger partial charge is 0.322 e. The Labute approximate surface area is 165 Å². The Kier molecular flexibility index (Phi) is 3.97. The number of amides is 3. The summed E-state index contributed by atoms with van der Waals surface area (Å²) in [6, 6.07) is 14.4. The molecule has 29 heavy (non-hydrogen) atoms. The van der Waals surface area contributed by atoms with Crippen molar-refractivity contribution in [2.75, 3.05) is 0 Å². The van der Waals surface area contributed by atoms with Gasteiger partial charge >= 0.3 is 0 Å². The summed E-state index contributed by atoms with van der Waals surface area (Å²) >= 11 is 0. The number of carbonyl (C=O) groups is 3. The van der Waals surface area contributed by atoms with Gasteiger partial charge in [0.05, 0.1) is 0 Å². The molecular formula is C21H16N4O4. The molecule has 0 radical (unpaired) electrons. The quantitative estimate of drug-likeness (QED) is 0.690. The Bertz CT molecular complexity index is 1140. The van der Waals surface area contributed by atoms with Gasteiger partial charge in [-0.1, -0.05) is 36.4 Å². The van der Waals surface area contributed by atoms with Gasteiger partial charge in [-0.25, -0.2) is 4.63 Å².